The lowest BCUT2D eigenvalue weighted by Crippen LogP contribution is -2.36. The second-order valence-electron chi connectivity index (χ2n) is 2.97. The van der Waals surface area contributed by atoms with E-state index in [2.05, 4.69) is 0 Å². The van der Waals surface area contributed by atoms with Crippen molar-refractivity contribution in [2.75, 3.05) is 7.11 Å². The molecule has 1 heterocycles. The van der Waals surface area contributed by atoms with Crippen LogP contribution < -0.4 is 15.9 Å². The van der Waals surface area contributed by atoms with Crippen molar-refractivity contribution in [2.45, 2.75) is 6.82 Å². The molecule has 1 aromatic heterocycles. The number of nitrogens with zero attached hydrogens (tertiary/aromatic N) is 1. The molecule has 0 aliphatic carbocycles. The van der Waals surface area contributed by atoms with Gasteiger partial charge in [-0.1, -0.05) is 6.82 Å². The molecule has 79 valence electrons. The zero-order valence-corrected chi connectivity index (χ0v) is 8.77. The summed E-state index contributed by atoms with van der Waals surface area (Å²) >= 11 is 0. The number of aromatic nitrogens is 1. The van der Waals surface area contributed by atoms with Crippen molar-refractivity contribution in [1.82, 2.24) is 4.57 Å². The molecule has 0 saturated heterocycles. The highest BCUT2D eigenvalue weighted by atomic mass is 16.5. The van der Waals surface area contributed by atoms with E-state index < -0.39 is 11.5 Å². The van der Waals surface area contributed by atoms with Gasteiger partial charge in [0.15, 0.2) is 13.0 Å². The van der Waals surface area contributed by atoms with Gasteiger partial charge < -0.3 is 14.4 Å². The Hall–Kier alpha value is -1.72. The Balaban J connectivity index is 3.59. The molecule has 1 aromatic rings. The highest BCUT2D eigenvalue weighted by molar-refractivity contribution is 6.51. The summed E-state index contributed by atoms with van der Waals surface area (Å²) in [5.41, 5.74) is -0.0302. The van der Waals surface area contributed by atoms with Crippen LogP contribution in [0.25, 0.3) is 0 Å². The quantitative estimate of drug-likeness (QED) is 0.678. The summed E-state index contributed by atoms with van der Waals surface area (Å²) < 4.78 is 6.13. The van der Waals surface area contributed by atoms with Gasteiger partial charge in [-0.3, -0.25) is 4.79 Å². The van der Waals surface area contributed by atoms with Gasteiger partial charge in [-0.2, -0.15) is 0 Å². The summed E-state index contributed by atoms with van der Waals surface area (Å²) in [4.78, 5) is 22.5. The molecule has 0 unspecified atom stereocenters. The molecule has 0 saturated carbocycles. The topological polar surface area (TPSA) is 68.5 Å². The molecule has 0 spiro atoms. The molecule has 1 N–H and O–H groups in total. The molecular weight excluding hydrogens is 197 g/mol. The zero-order valence-electron chi connectivity index (χ0n) is 8.77. The maximum Gasteiger partial charge on any atom is 0.339 e. The van der Waals surface area contributed by atoms with Crippen molar-refractivity contribution in [3.8, 4) is 5.75 Å². The Morgan fingerprint density at radius 3 is 2.60 bits per heavy atom. The number of methoxy groups -OCH3 is 1. The van der Waals surface area contributed by atoms with Crippen LogP contribution in [0.2, 0.25) is 6.82 Å². The van der Waals surface area contributed by atoms with Gasteiger partial charge in [-0.25, -0.2) is 4.79 Å². The molecule has 0 bridgehead atoms. The third-order valence-electron chi connectivity index (χ3n) is 2.15. The molecule has 5 nitrogen and oxygen atoms in total. The number of carbonyl (C=O) groups is 1. The van der Waals surface area contributed by atoms with Gasteiger partial charge in [0.2, 0.25) is 0 Å². The molecule has 15 heavy (non-hydrogen) atoms. The summed E-state index contributed by atoms with van der Waals surface area (Å²) in [5.74, 6) is -1.32. The summed E-state index contributed by atoms with van der Waals surface area (Å²) in [6.07, 6.45) is 0. The Labute approximate surface area is 87.5 Å². The van der Waals surface area contributed by atoms with Crippen LogP contribution >= 0.6 is 0 Å². The fraction of sp³-hybridized carbons (Fsp3) is 0.333. The van der Waals surface area contributed by atoms with Crippen LogP contribution in [0.5, 0.6) is 5.75 Å². The number of hydrogen-bond acceptors (Lipinski definition) is 3. The molecule has 0 aromatic carbocycles. The minimum absolute atomic E-state index is 0.117. The van der Waals surface area contributed by atoms with Gasteiger partial charge in [-0.05, 0) is 11.7 Å². The highest BCUT2D eigenvalue weighted by Gasteiger charge is 2.17. The van der Waals surface area contributed by atoms with Crippen LogP contribution in [0.4, 0.5) is 0 Å². The van der Waals surface area contributed by atoms with E-state index in [1.165, 1.54) is 17.7 Å². The Bertz CT molecular complexity index is 452. The maximum atomic E-state index is 11.7. The molecule has 1 radical (unpaired) electrons. The monoisotopic (exact) mass is 208 g/mol. The average molecular weight is 208 g/mol. The van der Waals surface area contributed by atoms with Crippen LogP contribution in [0.3, 0.4) is 0 Å². The van der Waals surface area contributed by atoms with E-state index in [-0.39, 0.29) is 11.3 Å². The van der Waals surface area contributed by atoms with Gasteiger partial charge in [0.25, 0.3) is 5.56 Å². The second kappa shape index (κ2) is 4.21. The normalized spacial score (nSPS) is 9.80. The zero-order chi connectivity index (χ0) is 11.6. The lowest BCUT2D eigenvalue weighted by atomic mass is 9.76. The fourth-order valence-electron chi connectivity index (χ4n) is 1.33. The summed E-state index contributed by atoms with van der Waals surface area (Å²) in [6.45, 7) is 1.73. The Morgan fingerprint density at radius 1 is 1.60 bits per heavy atom. The molecule has 0 aliphatic rings. The van der Waals surface area contributed by atoms with Crippen LogP contribution in [-0.2, 0) is 7.05 Å². The minimum Gasteiger partial charge on any atom is -0.490 e. The Kier molecular flexibility index (Phi) is 3.19. The third kappa shape index (κ3) is 1.88. The molecule has 0 atom stereocenters. The van der Waals surface area contributed by atoms with Crippen molar-refractivity contribution < 1.29 is 14.6 Å². The summed E-state index contributed by atoms with van der Waals surface area (Å²) in [6, 6.07) is 1.41. The number of rotatable bonds is 3. The first kappa shape index (κ1) is 11.4. The Morgan fingerprint density at radius 2 is 2.20 bits per heavy atom. The van der Waals surface area contributed by atoms with Crippen LogP contribution in [0, 0.1) is 0 Å². The lowest BCUT2D eigenvalue weighted by molar-refractivity contribution is 0.0693. The van der Waals surface area contributed by atoms with Gasteiger partial charge in [0.1, 0.15) is 5.56 Å². The largest absolute Gasteiger partial charge is 0.490 e. The van der Waals surface area contributed by atoms with E-state index >= 15 is 0 Å². The smallest absolute Gasteiger partial charge is 0.339 e. The predicted molar refractivity (Wildman–Crippen MR) is 56.4 cm³/mol. The number of pyridine rings is 1. The van der Waals surface area contributed by atoms with Gasteiger partial charge in [0, 0.05) is 7.05 Å². The molecule has 0 fully saturated rings. The van der Waals surface area contributed by atoms with E-state index in [9.17, 15) is 9.59 Å². The number of carboxylic acids is 1. The van der Waals surface area contributed by atoms with E-state index in [1.807, 2.05) is 0 Å². The first-order chi connectivity index (χ1) is 7.02. The first-order valence-electron chi connectivity index (χ1n) is 4.33. The fourth-order valence-corrected chi connectivity index (χ4v) is 1.33. The summed E-state index contributed by atoms with van der Waals surface area (Å²) in [5, 5.41) is 8.89. The van der Waals surface area contributed by atoms with Gasteiger partial charge in [0.05, 0.1) is 7.11 Å². The first-order valence-corrected chi connectivity index (χ1v) is 4.33. The molecule has 0 aliphatic heterocycles. The van der Waals surface area contributed by atoms with E-state index in [4.69, 9.17) is 9.84 Å². The number of ether oxygens (including phenoxy) is 1. The molecular formula is C9H11BNO4. The third-order valence-corrected chi connectivity index (χ3v) is 2.15. The predicted octanol–water partition coefficient (Wildman–Crippen LogP) is -0.530. The van der Waals surface area contributed by atoms with Crippen LogP contribution in [0.1, 0.15) is 10.4 Å². The van der Waals surface area contributed by atoms with Crippen molar-refractivity contribution in [2.24, 2.45) is 7.05 Å². The number of hydrogen-bond donors (Lipinski definition) is 1. The summed E-state index contributed by atoms with van der Waals surface area (Å²) in [7, 11) is 4.50. The average Bonchev–Trinajstić information content (AvgIpc) is 2.21. The van der Waals surface area contributed by atoms with Gasteiger partial charge >= 0.3 is 5.97 Å². The van der Waals surface area contributed by atoms with Crippen molar-refractivity contribution in [1.29, 1.82) is 0 Å². The van der Waals surface area contributed by atoms with Crippen LogP contribution in [-0.4, -0.2) is 30.0 Å². The van der Waals surface area contributed by atoms with Crippen molar-refractivity contribution >= 4 is 18.8 Å². The number of aromatic carboxylic acids is 1. The van der Waals surface area contributed by atoms with Crippen molar-refractivity contribution in [3.63, 3.8) is 0 Å². The molecule has 6 heteroatoms. The van der Waals surface area contributed by atoms with Crippen molar-refractivity contribution in [3.05, 3.63) is 22.0 Å². The second-order valence-corrected chi connectivity index (χ2v) is 2.97. The number of carboxylic acid groups (broad SMARTS) is 1. The molecule has 0 amide bonds. The van der Waals surface area contributed by atoms with Gasteiger partial charge in [-0.15, -0.1) is 0 Å². The highest BCUT2D eigenvalue weighted by Crippen LogP contribution is 2.10. The van der Waals surface area contributed by atoms with E-state index in [0.29, 0.717) is 5.59 Å². The SMILES string of the molecule is C[B]c1cc(C(=O)O)c(OC)c(=O)n1C. The van der Waals surface area contributed by atoms with E-state index in [0.717, 1.165) is 0 Å². The maximum absolute atomic E-state index is 11.7. The lowest BCUT2D eigenvalue weighted by Gasteiger charge is -2.10. The standard InChI is InChI=1S/C9H11BNO4/c1-10-6-4-5(9(13)14)7(15-3)8(12)11(6)2/h4H,1-3H3,(H,13,14). The van der Waals surface area contributed by atoms with E-state index in [1.54, 1.807) is 21.2 Å². The minimum atomic E-state index is -1.17. The molecule has 1 rings (SSSR count). The van der Waals surface area contributed by atoms with Crippen LogP contribution in [0.15, 0.2) is 10.9 Å².